The molecule has 2 aromatic heterocycles. The lowest BCUT2D eigenvalue weighted by atomic mass is 10.0. The highest BCUT2D eigenvalue weighted by Crippen LogP contribution is 2.26. The first-order valence-corrected chi connectivity index (χ1v) is 11.3. The fraction of sp³-hybridized carbons (Fsp3) is 0.231. The molecule has 1 aliphatic rings. The molecule has 1 saturated heterocycles. The van der Waals surface area contributed by atoms with Crippen LogP contribution in [0.4, 0.5) is 11.5 Å². The molecular weight excluding hydrogens is 412 g/mol. The average molecular weight is 439 g/mol. The molecule has 33 heavy (non-hydrogen) atoms. The van der Waals surface area contributed by atoms with E-state index in [1.165, 1.54) is 0 Å². The summed E-state index contributed by atoms with van der Waals surface area (Å²) in [5.74, 6) is 1.57. The molecule has 2 aromatic carbocycles. The van der Waals surface area contributed by atoms with E-state index in [2.05, 4.69) is 26.6 Å². The zero-order chi connectivity index (χ0) is 22.5. The predicted octanol–water partition coefficient (Wildman–Crippen LogP) is 4.21. The van der Waals surface area contributed by atoms with Crippen molar-refractivity contribution in [3.8, 4) is 11.4 Å². The molecule has 7 nitrogen and oxygen atoms in total. The van der Waals surface area contributed by atoms with Crippen LogP contribution in [0.5, 0.6) is 0 Å². The molecule has 1 amide bonds. The number of hydrogen-bond acceptors (Lipinski definition) is 6. The molecule has 1 aliphatic heterocycles. The van der Waals surface area contributed by atoms with E-state index in [0.29, 0.717) is 18.4 Å². The topological polar surface area (TPSA) is 83.0 Å². The smallest absolute Gasteiger partial charge is 0.238 e. The van der Waals surface area contributed by atoms with Gasteiger partial charge in [-0.3, -0.25) is 14.7 Å². The van der Waals surface area contributed by atoms with E-state index in [-0.39, 0.29) is 5.91 Å². The van der Waals surface area contributed by atoms with Crippen LogP contribution >= 0.6 is 0 Å². The van der Waals surface area contributed by atoms with Crippen molar-refractivity contribution in [3.63, 3.8) is 0 Å². The van der Waals surface area contributed by atoms with Crippen LogP contribution in [-0.4, -0.2) is 51.4 Å². The number of para-hydroxylation sites is 2. The van der Waals surface area contributed by atoms with Crippen molar-refractivity contribution >= 4 is 28.3 Å². The second-order valence-electron chi connectivity index (χ2n) is 8.26. The zero-order valence-electron chi connectivity index (χ0n) is 18.3. The molecule has 3 heterocycles. The van der Waals surface area contributed by atoms with Crippen LogP contribution in [0, 0.1) is 0 Å². The van der Waals surface area contributed by atoms with E-state index in [9.17, 15) is 4.79 Å². The Morgan fingerprint density at radius 2 is 1.64 bits per heavy atom. The monoisotopic (exact) mass is 438 g/mol. The first-order chi connectivity index (χ1) is 16.2. The molecule has 166 valence electrons. The van der Waals surface area contributed by atoms with Gasteiger partial charge in [-0.2, -0.15) is 0 Å². The molecule has 4 aromatic rings. The van der Waals surface area contributed by atoms with Gasteiger partial charge in [0.15, 0.2) is 5.82 Å². The molecule has 0 radical (unpaired) electrons. The van der Waals surface area contributed by atoms with E-state index < -0.39 is 0 Å². The number of carbonyl (C=O) groups excluding carboxylic acids is 1. The molecule has 2 N–H and O–H groups in total. The third-order valence-electron chi connectivity index (χ3n) is 5.89. The summed E-state index contributed by atoms with van der Waals surface area (Å²) in [7, 11) is 0. The quantitative estimate of drug-likeness (QED) is 0.469. The van der Waals surface area contributed by atoms with Crippen LogP contribution in [0.15, 0.2) is 79.1 Å². The van der Waals surface area contributed by atoms with Gasteiger partial charge in [0.25, 0.3) is 0 Å². The maximum absolute atomic E-state index is 12.4. The molecule has 0 bridgehead atoms. The second kappa shape index (κ2) is 9.75. The number of benzene rings is 2. The van der Waals surface area contributed by atoms with Crippen molar-refractivity contribution in [2.75, 3.05) is 30.3 Å². The Labute approximate surface area is 192 Å². The Bertz CT molecular complexity index is 1220. The summed E-state index contributed by atoms with van der Waals surface area (Å²) in [5.41, 5.74) is 2.69. The molecule has 0 saturated carbocycles. The highest BCUT2D eigenvalue weighted by molar-refractivity contribution is 5.92. The second-order valence-corrected chi connectivity index (χ2v) is 8.26. The Balaban J connectivity index is 1.24. The van der Waals surface area contributed by atoms with Gasteiger partial charge in [-0.1, -0.05) is 30.3 Å². The summed E-state index contributed by atoms with van der Waals surface area (Å²) in [6.45, 7) is 2.13. The fourth-order valence-electron chi connectivity index (χ4n) is 4.17. The molecule has 1 fully saturated rings. The molecule has 0 aliphatic carbocycles. The van der Waals surface area contributed by atoms with Crippen LogP contribution in [0.3, 0.4) is 0 Å². The molecular formula is C26H26N6O. The van der Waals surface area contributed by atoms with Crippen LogP contribution in [-0.2, 0) is 4.79 Å². The van der Waals surface area contributed by atoms with E-state index in [4.69, 9.17) is 9.97 Å². The fourth-order valence-corrected chi connectivity index (χ4v) is 4.17. The van der Waals surface area contributed by atoms with Crippen LogP contribution in [0.1, 0.15) is 12.8 Å². The number of piperidine rings is 1. The van der Waals surface area contributed by atoms with Crippen molar-refractivity contribution in [1.29, 1.82) is 0 Å². The van der Waals surface area contributed by atoms with Crippen molar-refractivity contribution in [2.24, 2.45) is 0 Å². The van der Waals surface area contributed by atoms with Crippen LogP contribution in [0.25, 0.3) is 22.3 Å². The number of nitrogens with one attached hydrogen (secondary N) is 2. The van der Waals surface area contributed by atoms with Crippen molar-refractivity contribution < 1.29 is 4.79 Å². The number of pyridine rings is 1. The van der Waals surface area contributed by atoms with E-state index in [1.807, 2.05) is 60.7 Å². The van der Waals surface area contributed by atoms with Crippen molar-refractivity contribution in [3.05, 3.63) is 79.1 Å². The minimum absolute atomic E-state index is 0.0244. The maximum Gasteiger partial charge on any atom is 0.238 e. The van der Waals surface area contributed by atoms with Gasteiger partial charge in [-0.05, 0) is 49.2 Å². The van der Waals surface area contributed by atoms with Crippen molar-refractivity contribution in [1.82, 2.24) is 19.9 Å². The average Bonchev–Trinajstić information content (AvgIpc) is 2.86. The number of carbonyl (C=O) groups is 1. The summed E-state index contributed by atoms with van der Waals surface area (Å²) in [6, 6.07) is 21.8. The Morgan fingerprint density at radius 1 is 0.909 bits per heavy atom. The normalized spacial score (nSPS) is 14.8. The van der Waals surface area contributed by atoms with Crippen LogP contribution < -0.4 is 10.6 Å². The summed E-state index contributed by atoms with van der Waals surface area (Å²) in [6.07, 6.45) is 5.40. The largest absolute Gasteiger partial charge is 0.367 e. The summed E-state index contributed by atoms with van der Waals surface area (Å²) >= 11 is 0. The van der Waals surface area contributed by atoms with Gasteiger partial charge < -0.3 is 10.6 Å². The number of nitrogens with zero attached hydrogens (tertiary/aromatic N) is 4. The van der Waals surface area contributed by atoms with Gasteiger partial charge in [0.2, 0.25) is 5.91 Å². The standard InChI is InChI=1S/C26H26N6O/c33-24(28-20-6-2-1-3-7-20)18-32-16-12-21(13-17-32)29-26-22-8-4-5-9-23(22)30-25(31-26)19-10-14-27-15-11-19/h1-11,14-15,21H,12-13,16-18H2,(H,28,33)(H,29,30,31). The van der Waals surface area contributed by atoms with Crippen molar-refractivity contribution in [2.45, 2.75) is 18.9 Å². The first-order valence-electron chi connectivity index (χ1n) is 11.3. The number of rotatable bonds is 6. The van der Waals surface area contributed by atoms with E-state index in [1.54, 1.807) is 12.4 Å². The highest BCUT2D eigenvalue weighted by atomic mass is 16.2. The van der Waals surface area contributed by atoms with Gasteiger partial charge >= 0.3 is 0 Å². The Morgan fingerprint density at radius 3 is 2.42 bits per heavy atom. The number of anilines is 2. The lowest BCUT2D eigenvalue weighted by Gasteiger charge is -2.32. The Kier molecular flexibility index (Phi) is 6.21. The SMILES string of the molecule is O=C(CN1CCC(Nc2nc(-c3ccncc3)nc3ccccc23)CC1)Nc1ccccc1. The minimum atomic E-state index is 0.0244. The van der Waals surface area contributed by atoms with Gasteiger partial charge in [-0.15, -0.1) is 0 Å². The first kappa shape index (κ1) is 21.0. The third-order valence-corrected chi connectivity index (χ3v) is 5.89. The lowest BCUT2D eigenvalue weighted by Crippen LogP contribution is -2.42. The lowest BCUT2D eigenvalue weighted by molar-refractivity contribution is -0.117. The summed E-state index contributed by atoms with van der Waals surface area (Å²) in [5, 5.41) is 7.63. The van der Waals surface area contributed by atoms with Gasteiger partial charge in [0.1, 0.15) is 5.82 Å². The maximum atomic E-state index is 12.4. The summed E-state index contributed by atoms with van der Waals surface area (Å²) in [4.78, 5) is 28.3. The van der Waals surface area contributed by atoms with Crippen LogP contribution in [0.2, 0.25) is 0 Å². The number of fused-ring (bicyclic) bond motifs is 1. The number of hydrogen-bond donors (Lipinski definition) is 2. The van der Waals surface area contributed by atoms with Gasteiger partial charge in [-0.25, -0.2) is 9.97 Å². The molecule has 0 unspecified atom stereocenters. The zero-order valence-corrected chi connectivity index (χ0v) is 18.3. The van der Waals surface area contributed by atoms with E-state index >= 15 is 0 Å². The Hall–Kier alpha value is -3.84. The number of aromatic nitrogens is 3. The molecule has 5 rings (SSSR count). The predicted molar refractivity (Wildman–Crippen MR) is 131 cm³/mol. The third kappa shape index (κ3) is 5.15. The summed E-state index contributed by atoms with van der Waals surface area (Å²) < 4.78 is 0. The molecule has 7 heteroatoms. The molecule has 0 atom stereocenters. The minimum Gasteiger partial charge on any atom is -0.367 e. The van der Waals surface area contributed by atoms with Gasteiger partial charge in [0, 0.05) is 48.2 Å². The highest BCUT2D eigenvalue weighted by Gasteiger charge is 2.22. The van der Waals surface area contributed by atoms with Gasteiger partial charge in [0.05, 0.1) is 12.1 Å². The number of amides is 1. The number of likely N-dealkylation sites (tertiary alicyclic amines) is 1. The molecule has 0 spiro atoms. The van der Waals surface area contributed by atoms with E-state index in [0.717, 1.165) is 53.9 Å².